The van der Waals surface area contributed by atoms with E-state index in [2.05, 4.69) is 19.2 Å². The summed E-state index contributed by atoms with van der Waals surface area (Å²) in [5, 5.41) is 3.80. The Morgan fingerprint density at radius 1 is 1.14 bits per heavy atom. The molecule has 3 atom stereocenters. The van der Waals surface area contributed by atoms with Crippen LogP contribution in [0.15, 0.2) is 0 Å². The minimum absolute atomic E-state index is 0.340. The first-order valence-corrected chi connectivity index (χ1v) is 5.99. The van der Waals surface area contributed by atoms with E-state index in [0.29, 0.717) is 11.5 Å². The third kappa shape index (κ3) is 1.49. The van der Waals surface area contributed by atoms with E-state index in [1.165, 1.54) is 19.3 Å². The molecule has 3 fully saturated rings. The molecule has 0 bridgehead atoms. The molecule has 1 heterocycles. The average molecular weight is 195 g/mol. The van der Waals surface area contributed by atoms with Crippen LogP contribution in [0.1, 0.15) is 33.1 Å². The van der Waals surface area contributed by atoms with Gasteiger partial charge in [0.1, 0.15) is 0 Å². The third-order valence-corrected chi connectivity index (χ3v) is 4.38. The largest absolute Gasteiger partial charge is 0.379 e. The summed E-state index contributed by atoms with van der Waals surface area (Å²) >= 11 is 0. The standard InChI is InChI=1S/C12H21NO/c1-12(2)7-14-6-11(12)13-10-4-8-3-9(8)5-10/h8-11,13H,3-7H2,1-2H3. The normalized spacial score (nSPS) is 49.3. The van der Waals surface area contributed by atoms with Crippen molar-refractivity contribution in [3.63, 3.8) is 0 Å². The van der Waals surface area contributed by atoms with Gasteiger partial charge < -0.3 is 10.1 Å². The summed E-state index contributed by atoms with van der Waals surface area (Å²) in [6.07, 6.45) is 4.37. The van der Waals surface area contributed by atoms with Gasteiger partial charge in [-0.15, -0.1) is 0 Å². The Hall–Kier alpha value is -0.0800. The summed E-state index contributed by atoms with van der Waals surface area (Å²) in [6, 6.07) is 1.38. The van der Waals surface area contributed by atoms with Crippen molar-refractivity contribution in [1.82, 2.24) is 5.32 Å². The Morgan fingerprint density at radius 3 is 2.43 bits per heavy atom. The van der Waals surface area contributed by atoms with Gasteiger partial charge in [0.05, 0.1) is 13.2 Å². The van der Waals surface area contributed by atoms with Crippen molar-refractivity contribution >= 4 is 0 Å². The highest BCUT2D eigenvalue weighted by Crippen LogP contribution is 2.52. The van der Waals surface area contributed by atoms with Crippen molar-refractivity contribution in [3.05, 3.63) is 0 Å². The van der Waals surface area contributed by atoms with Crippen molar-refractivity contribution < 1.29 is 4.74 Å². The molecule has 80 valence electrons. The molecule has 0 amide bonds. The first kappa shape index (κ1) is 9.17. The minimum atomic E-state index is 0.340. The maximum Gasteiger partial charge on any atom is 0.0626 e. The maximum absolute atomic E-state index is 5.56. The first-order chi connectivity index (χ1) is 6.65. The fourth-order valence-corrected chi connectivity index (χ4v) is 3.18. The van der Waals surface area contributed by atoms with Crippen molar-refractivity contribution in [3.8, 4) is 0 Å². The average Bonchev–Trinajstić information content (AvgIpc) is 2.57. The van der Waals surface area contributed by atoms with Crippen LogP contribution in [-0.2, 0) is 4.74 Å². The molecule has 3 unspecified atom stereocenters. The van der Waals surface area contributed by atoms with Gasteiger partial charge >= 0.3 is 0 Å². The molecule has 0 spiro atoms. The predicted octanol–water partition coefficient (Wildman–Crippen LogP) is 1.80. The van der Waals surface area contributed by atoms with Crippen LogP contribution >= 0.6 is 0 Å². The molecule has 1 saturated heterocycles. The van der Waals surface area contributed by atoms with Gasteiger partial charge in [0.15, 0.2) is 0 Å². The van der Waals surface area contributed by atoms with Gasteiger partial charge in [-0.1, -0.05) is 13.8 Å². The number of hydrogen-bond donors (Lipinski definition) is 1. The van der Waals surface area contributed by atoms with E-state index in [4.69, 9.17) is 4.74 Å². The van der Waals surface area contributed by atoms with Gasteiger partial charge in [-0.3, -0.25) is 0 Å². The zero-order valence-electron chi connectivity index (χ0n) is 9.25. The quantitative estimate of drug-likeness (QED) is 0.725. The maximum atomic E-state index is 5.56. The highest BCUT2D eigenvalue weighted by atomic mass is 16.5. The number of ether oxygens (including phenoxy) is 1. The van der Waals surface area contributed by atoms with E-state index < -0.39 is 0 Å². The van der Waals surface area contributed by atoms with Crippen LogP contribution in [0.2, 0.25) is 0 Å². The topological polar surface area (TPSA) is 21.3 Å². The van der Waals surface area contributed by atoms with Crippen molar-refractivity contribution in [2.75, 3.05) is 13.2 Å². The third-order valence-electron chi connectivity index (χ3n) is 4.38. The second-order valence-corrected chi connectivity index (χ2v) is 6.15. The van der Waals surface area contributed by atoms with Gasteiger partial charge in [-0.05, 0) is 31.1 Å². The van der Waals surface area contributed by atoms with Gasteiger partial charge in [0.25, 0.3) is 0 Å². The lowest BCUT2D eigenvalue weighted by Gasteiger charge is -2.29. The van der Waals surface area contributed by atoms with E-state index >= 15 is 0 Å². The molecule has 3 aliphatic rings. The summed E-state index contributed by atoms with van der Waals surface area (Å²) in [5.41, 5.74) is 0.340. The molecule has 0 radical (unpaired) electrons. The highest BCUT2D eigenvalue weighted by molar-refractivity contribution is 5.01. The van der Waals surface area contributed by atoms with Crippen LogP contribution in [0.3, 0.4) is 0 Å². The fraction of sp³-hybridized carbons (Fsp3) is 1.00. The second-order valence-electron chi connectivity index (χ2n) is 6.15. The summed E-state index contributed by atoms with van der Waals surface area (Å²) in [7, 11) is 0. The summed E-state index contributed by atoms with van der Waals surface area (Å²) in [6.45, 7) is 6.46. The summed E-state index contributed by atoms with van der Waals surface area (Å²) in [5.74, 6) is 2.16. The van der Waals surface area contributed by atoms with Crippen molar-refractivity contribution in [1.29, 1.82) is 0 Å². The van der Waals surface area contributed by atoms with E-state index in [1.807, 2.05) is 0 Å². The van der Waals surface area contributed by atoms with Gasteiger partial charge in [-0.25, -0.2) is 0 Å². The first-order valence-electron chi connectivity index (χ1n) is 5.99. The molecule has 2 aliphatic carbocycles. The Morgan fingerprint density at radius 2 is 1.86 bits per heavy atom. The second kappa shape index (κ2) is 2.96. The number of nitrogens with one attached hydrogen (secondary N) is 1. The Bertz CT molecular complexity index is 228. The molecule has 14 heavy (non-hydrogen) atoms. The predicted molar refractivity (Wildman–Crippen MR) is 56.1 cm³/mol. The lowest BCUT2D eigenvalue weighted by atomic mass is 9.87. The Balaban J connectivity index is 1.56. The molecule has 0 aromatic carbocycles. The highest BCUT2D eigenvalue weighted by Gasteiger charge is 2.47. The van der Waals surface area contributed by atoms with Crippen LogP contribution in [0.4, 0.5) is 0 Å². The molecule has 2 saturated carbocycles. The molecule has 2 nitrogen and oxygen atoms in total. The van der Waals surface area contributed by atoms with Crippen LogP contribution < -0.4 is 5.32 Å². The smallest absolute Gasteiger partial charge is 0.0626 e. The van der Waals surface area contributed by atoms with Crippen LogP contribution in [0.5, 0.6) is 0 Å². The zero-order valence-corrected chi connectivity index (χ0v) is 9.25. The Labute approximate surface area is 86.4 Å². The molecule has 3 rings (SSSR count). The molecule has 0 aromatic rings. The fourth-order valence-electron chi connectivity index (χ4n) is 3.18. The Kier molecular flexibility index (Phi) is 1.94. The summed E-state index contributed by atoms with van der Waals surface area (Å²) in [4.78, 5) is 0. The summed E-state index contributed by atoms with van der Waals surface area (Å²) < 4.78 is 5.56. The lowest BCUT2D eigenvalue weighted by molar-refractivity contribution is 0.166. The number of fused-ring (bicyclic) bond motifs is 1. The van der Waals surface area contributed by atoms with Crippen molar-refractivity contribution in [2.45, 2.75) is 45.2 Å². The van der Waals surface area contributed by atoms with Crippen LogP contribution in [0, 0.1) is 17.3 Å². The number of rotatable bonds is 2. The van der Waals surface area contributed by atoms with Crippen LogP contribution in [0.25, 0.3) is 0 Å². The van der Waals surface area contributed by atoms with Gasteiger partial charge in [0.2, 0.25) is 0 Å². The molecule has 0 aromatic heterocycles. The van der Waals surface area contributed by atoms with E-state index in [9.17, 15) is 0 Å². The van der Waals surface area contributed by atoms with E-state index in [-0.39, 0.29) is 0 Å². The van der Waals surface area contributed by atoms with Gasteiger partial charge in [0, 0.05) is 17.5 Å². The molecular formula is C12H21NO. The lowest BCUT2D eigenvalue weighted by Crippen LogP contribution is -2.45. The minimum Gasteiger partial charge on any atom is -0.379 e. The SMILES string of the molecule is CC1(C)COCC1NC1CC2CC2C1. The molecule has 1 N–H and O–H groups in total. The molecule has 2 heteroatoms. The monoisotopic (exact) mass is 195 g/mol. The van der Waals surface area contributed by atoms with Crippen molar-refractivity contribution in [2.24, 2.45) is 17.3 Å². The van der Waals surface area contributed by atoms with E-state index in [1.54, 1.807) is 0 Å². The van der Waals surface area contributed by atoms with E-state index in [0.717, 1.165) is 31.1 Å². The number of hydrogen-bond acceptors (Lipinski definition) is 2. The molecular weight excluding hydrogens is 174 g/mol. The van der Waals surface area contributed by atoms with Crippen LogP contribution in [-0.4, -0.2) is 25.3 Å². The zero-order chi connectivity index (χ0) is 9.76. The van der Waals surface area contributed by atoms with Gasteiger partial charge in [-0.2, -0.15) is 0 Å². The molecule has 1 aliphatic heterocycles.